The quantitative estimate of drug-likeness (QED) is 0.112. The van der Waals surface area contributed by atoms with Gasteiger partial charge in [0, 0.05) is 64.3 Å². The molecule has 5 heterocycles. The van der Waals surface area contributed by atoms with Crippen molar-refractivity contribution < 1.29 is 67.9 Å². The molecule has 1 amide bonds. The SMILES string of the molecule is CC[C@H]1OC(=O)[C@H](C)[C@@H](C2C[C@@](C)(OC)[C@@H](O)[C@H](C)O2)[C@H](C)[C@@H](O[C@@H]2O[C@H](C)C[C@H](N(C)CCc3cn([C@H](CF)[C@H](OC)c4ccc(-n5cc(C(N)=O)nn5)cc4)nn3)[C@H]2O)[C@](C)(O)C[C@@H](C)CN(C)[C@H](C)[C@@H](O)[C@]1(C)O. The van der Waals surface area contributed by atoms with Gasteiger partial charge in [-0.1, -0.05) is 50.3 Å². The number of halogens is 1. The number of hydrogen-bond acceptors (Lipinski definition) is 19. The van der Waals surface area contributed by atoms with E-state index < -0.39 is 132 Å². The summed E-state index contributed by atoms with van der Waals surface area (Å²) in [6.07, 6.45) is -5.22. The minimum Gasteiger partial charge on any atom is -0.459 e. The van der Waals surface area contributed by atoms with Crippen molar-refractivity contribution in [1.82, 2.24) is 39.8 Å². The summed E-state index contributed by atoms with van der Waals surface area (Å²) in [7, 11) is 6.71. The van der Waals surface area contributed by atoms with Gasteiger partial charge < -0.3 is 69.5 Å². The molecule has 0 bridgehead atoms. The molecule has 1 aromatic carbocycles. The van der Waals surface area contributed by atoms with Crippen molar-refractivity contribution in [2.45, 2.75) is 197 Å². The molecule has 23 heteroatoms. The van der Waals surface area contributed by atoms with E-state index in [4.69, 9.17) is 34.2 Å². The second-order valence-electron chi connectivity index (χ2n) is 23.1. The fourth-order valence-corrected chi connectivity index (χ4v) is 12.4. The van der Waals surface area contributed by atoms with Crippen LogP contribution < -0.4 is 5.73 Å². The number of nitrogens with zero attached hydrogens (tertiary/aromatic N) is 8. The van der Waals surface area contributed by atoms with Crippen molar-refractivity contribution in [3.05, 3.63) is 53.6 Å². The Morgan fingerprint density at radius 1 is 0.974 bits per heavy atom. The van der Waals surface area contributed by atoms with Gasteiger partial charge in [0.2, 0.25) is 0 Å². The molecule has 20 atom stereocenters. The molecule has 3 saturated heterocycles. The van der Waals surface area contributed by atoms with Gasteiger partial charge in [0.05, 0.1) is 59.1 Å². The molecule has 0 radical (unpaired) electrons. The van der Waals surface area contributed by atoms with Crippen LogP contribution in [0.4, 0.5) is 4.39 Å². The number of carbonyl (C=O) groups excluding carboxylic acids is 2. The Bertz CT molecular complexity index is 2380. The summed E-state index contributed by atoms with van der Waals surface area (Å²) in [4.78, 5) is 30.1. The van der Waals surface area contributed by atoms with Crippen molar-refractivity contribution in [2.24, 2.45) is 29.4 Å². The van der Waals surface area contributed by atoms with Gasteiger partial charge in [0.25, 0.3) is 5.91 Å². The summed E-state index contributed by atoms with van der Waals surface area (Å²) < 4.78 is 55.8. The Morgan fingerprint density at radius 2 is 1.65 bits per heavy atom. The fourth-order valence-electron chi connectivity index (χ4n) is 12.4. The third kappa shape index (κ3) is 13.7. The average molecular weight is 1090 g/mol. The monoisotopic (exact) mass is 1090 g/mol. The largest absolute Gasteiger partial charge is 0.459 e. The van der Waals surface area contributed by atoms with Crippen LogP contribution in [-0.4, -0.2) is 209 Å². The highest BCUT2D eigenvalue weighted by molar-refractivity contribution is 5.90. The average Bonchev–Trinajstić information content (AvgIpc) is 4.10. The van der Waals surface area contributed by atoms with E-state index in [9.17, 15) is 39.5 Å². The number of hydrogen-bond donors (Lipinski definition) is 6. The molecule has 22 nitrogen and oxygen atoms in total. The van der Waals surface area contributed by atoms with E-state index in [0.717, 1.165) is 0 Å². The maximum Gasteiger partial charge on any atom is 0.309 e. The summed E-state index contributed by atoms with van der Waals surface area (Å²) in [5.74, 6) is -4.04. The first kappa shape index (κ1) is 62.1. The van der Waals surface area contributed by atoms with Gasteiger partial charge in [-0.15, -0.1) is 10.2 Å². The highest BCUT2D eigenvalue weighted by Crippen LogP contribution is 2.45. The molecule has 3 aliphatic heterocycles. The fraction of sp³-hybridized carbons (Fsp3) is 0.778. The molecular weight excluding hydrogens is 1000 g/mol. The molecule has 1 unspecified atom stereocenters. The van der Waals surface area contributed by atoms with Crippen molar-refractivity contribution in [3.8, 4) is 5.69 Å². The van der Waals surface area contributed by atoms with Crippen molar-refractivity contribution in [3.63, 3.8) is 0 Å². The zero-order chi connectivity index (χ0) is 57.1. The molecule has 2 aromatic heterocycles. The van der Waals surface area contributed by atoms with Crippen LogP contribution in [0.25, 0.3) is 5.69 Å². The Hall–Kier alpha value is -4.11. The van der Waals surface area contributed by atoms with Gasteiger partial charge >= 0.3 is 5.97 Å². The van der Waals surface area contributed by atoms with Crippen LogP contribution in [0.1, 0.15) is 129 Å². The van der Waals surface area contributed by atoms with Gasteiger partial charge in [-0.25, -0.2) is 13.8 Å². The maximum atomic E-state index is 14.9. The Morgan fingerprint density at radius 3 is 2.25 bits per heavy atom. The summed E-state index contributed by atoms with van der Waals surface area (Å²) >= 11 is 0. The lowest BCUT2D eigenvalue weighted by Crippen LogP contribution is -2.62. The van der Waals surface area contributed by atoms with Gasteiger partial charge in [-0.2, -0.15) is 0 Å². The van der Waals surface area contributed by atoms with E-state index in [1.165, 1.54) is 36.7 Å². The summed E-state index contributed by atoms with van der Waals surface area (Å²) in [6, 6.07) is 5.04. The number of methoxy groups -OCH3 is 2. The summed E-state index contributed by atoms with van der Waals surface area (Å²) in [5, 5.41) is 76.7. The number of primary amides is 1. The predicted octanol–water partition coefficient (Wildman–Crippen LogP) is 2.96. The molecule has 434 valence electrons. The number of aliphatic hydroxyl groups is 5. The second-order valence-corrected chi connectivity index (χ2v) is 23.1. The van der Waals surface area contributed by atoms with E-state index in [1.807, 2.05) is 44.7 Å². The van der Waals surface area contributed by atoms with E-state index in [-0.39, 0.29) is 30.9 Å². The van der Waals surface area contributed by atoms with Crippen LogP contribution in [0.5, 0.6) is 0 Å². The Kier molecular flexibility index (Phi) is 20.6. The first-order valence-electron chi connectivity index (χ1n) is 27.1. The number of alkyl halides is 1. The molecule has 7 N–H and O–H groups in total. The lowest BCUT2D eigenvalue weighted by atomic mass is 9.68. The molecule has 3 fully saturated rings. The number of benzene rings is 1. The minimum absolute atomic E-state index is 0.0141. The zero-order valence-corrected chi connectivity index (χ0v) is 47.5. The smallest absolute Gasteiger partial charge is 0.309 e. The maximum absolute atomic E-state index is 14.9. The standard InChI is InChI=1S/C54H88FN9O13/c1-15-42-54(10,71)46(66)33(6)62(12)26-29(2)23-52(8,70)48(31(4)43(32(5)50(69)76-42)41-24-53(9,73-14)47(67)34(7)75-41)77-51-44(65)39(22-30(3)74-51)61(11)21-20-36-27-64(59-57-36)40(25-55)45(72-13)35-16-18-37(19-17-35)63-28-38(49(56)68)58-60-63/h16-19,27-34,39-48,51,65-67,70-71H,15,20-26H2,1-14H3,(H2,56,68)/t29-,30-,31+,32-,33-,34+,39+,40-,41?,42-,43+,44-,45-,46-,47+,48-,51+,52-,53-,54-/m1/s1. The minimum atomic E-state index is -1.84. The number of likely N-dealkylation sites (N-methyl/N-ethyl adjacent to an activating group) is 2. The number of aliphatic hydroxyl groups excluding tert-OH is 3. The number of aromatic nitrogens is 6. The topological polar surface area (TPSA) is 285 Å². The molecular formula is C54H88FN9O13. The van der Waals surface area contributed by atoms with Crippen LogP contribution in [-0.2, 0) is 39.6 Å². The molecule has 3 aromatic rings. The van der Waals surface area contributed by atoms with Gasteiger partial charge in [-0.05, 0) is 104 Å². The Labute approximate surface area is 452 Å². The van der Waals surface area contributed by atoms with E-state index in [2.05, 4.69) is 20.6 Å². The van der Waals surface area contributed by atoms with E-state index >= 15 is 0 Å². The number of ether oxygens (including phenoxy) is 6. The number of nitrogens with two attached hydrogens (primary N) is 1. The second kappa shape index (κ2) is 25.6. The van der Waals surface area contributed by atoms with Gasteiger partial charge in [0.1, 0.15) is 48.8 Å². The predicted molar refractivity (Wildman–Crippen MR) is 280 cm³/mol. The van der Waals surface area contributed by atoms with Crippen molar-refractivity contribution in [2.75, 3.05) is 48.1 Å². The van der Waals surface area contributed by atoms with Crippen molar-refractivity contribution in [1.29, 1.82) is 0 Å². The molecule has 6 rings (SSSR count). The lowest BCUT2D eigenvalue weighted by molar-refractivity contribution is -0.302. The van der Waals surface area contributed by atoms with Crippen LogP contribution in [0.2, 0.25) is 0 Å². The highest BCUT2D eigenvalue weighted by Gasteiger charge is 2.55. The number of cyclic esters (lactones) is 1. The molecule has 3 aliphatic rings. The normalized spacial score (nSPS) is 38.1. The number of carbonyl (C=O) groups is 2. The lowest BCUT2D eigenvalue weighted by Gasteiger charge is -2.51. The molecule has 0 spiro atoms. The van der Waals surface area contributed by atoms with E-state index in [1.54, 1.807) is 72.0 Å². The van der Waals surface area contributed by atoms with Crippen LogP contribution >= 0.6 is 0 Å². The number of amides is 1. The third-order valence-corrected chi connectivity index (χ3v) is 17.1. The first-order chi connectivity index (χ1) is 36.1. The molecule has 77 heavy (non-hydrogen) atoms. The van der Waals surface area contributed by atoms with Crippen LogP contribution in [0.3, 0.4) is 0 Å². The molecule has 0 aliphatic carbocycles. The van der Waals surface area contributed by atoms with Gasteiger partial charge in [0.15, 0.2) is 12.0 Å². The third-order valence-electron chi connectivity index (χ3n) is 17.1. The Balaban J connectivity index is 1.25. The van der Waals surface area contributed by atoms with E-state index in [0.29, 0.717) is 42.9 Å². The molecule has 0 saturated carbocycles. The summed E-state index contributed by atoms with van der Waals surface area (Å²) in [5.41, 5.74) is 2.62. The zero-order valence-electron chi connectivity index (χ0n) is 47.5. The van der Waals surface area contributed by atoms with Crippen molar-refractivity contribution >= 4 is 11.9 Å². The highest BCUT2D eigenvalue weighted by atomic mass is 19.1. The van der Waals surface area contributed by atoms with Gasteiger partial charge in [-0.3, -0.25) is 9.59 Å². The first-order valence-corrected chi connectivity index (χ1v) is 27.1. The number of rotatable bonds is 16. The number of esters is 1. The van der Waals surface area contributed by atoms with Crippen LogP contribution in [0.15, 0.2) is 36.7 Å². The summed E-state index contributed by atoms with van der Waals surface area (Å²) in [6.45, 7) is 17.7. The van der Waals surface area contributed by atoms with Crippen LogP contribution in [0, 0.1) is 23.7 Å².